The van der Waals surface area contributed by atoms with Gasteiger partial charge in [0.2, 0.25) is 5.91 Å². The molecule has 0 radical (unpaired) electrons. The molecule has 0 aliphatic carbocycles. The number of aromatic nitrogens is 2. The summed E-state index contributed by atoms with van der Waals surface area (Å²) in [6, 6.07) is 13.9. The van der Waals surface area contributed by atoms with E-state index >= 15 is 0 Å². The van der Waals surface area contributed by atoms with Crippen LogP contribution in [0.1, 0.15) is 16.8 Å². The van der Waals surface area contributed by atoms with E-state index in [9.17, 15) is 9.59 Å². The number of hydrogen-bond donors (Lipinski definition) is 0. The van der Waals surface area contributed by atoms with Gasteiger partial charge in [-0.3, -0.25) is 14.2 Å². The number of fused-ring (bicyclic) bond motifs is 1. The summed E-state index contributed by atoms with van der Waals surface area (Å²) in [7, 11) is 0. The van der Waals surface area contributed by atoms with Crippen LogP contribution in [0.15, 0.2) is 47.3 Å². The van der Waals surface area contributed by atoms with Crippen LogP contribution in [0.25, 0.3) is 11.0 Å². The number of benzene rings is 2. The Morgan fingerprint density at radius 3 is 2.48 bits per heavy atom. The zero-order valence-electron chi connectivity index (χ0n) is 17.2. The number of aryl methyl sites for hydroxylation is 3. The van der Waals surface area contributed by atoms with Crippen LogP contribution in [0.4, 0.5) is 5.69 Å². The summed E-state index contributed by atoms with van der Waals surface area (Å²) in [6.07, 6.45) is 0. The molecule has 1 amide bonds. The quantitative estimate of drug-likeness (QED) is 0.690. The summed E-state index contributed by atoms with van der Waals surface area (Å²) in [5.74, 6) is -0.0246. The molecule has 1 saturated heterocycles. The van der Waals surface area contributed by atoms with Crippen molar-refractivity contribution < 1.29 is 4.79 Å². The Bertz CT molecular complexity index is 1130. The SMILES string of the molecule is Cc1ccc(C)c(N2CCN(C(=O)Cn3c(=O)c(C)nc4ccccc43)CC2)c1. The van der Waals surface area contributed by atoms with E-state index in [1.807, 2.05) is 29.2 Å². The highest BCUT2D eigenvalue weighted by Gasteiger charge is 2.23. The minimum absolute atomic E-state index is 0.0246. The van der Waals surface area contributed by atoms with Crippen molar-refractivity contribution in [3.63, 3.8) is 0 Å². The first-order valence-corrected chi connectivity index (χ1v) is 10.00. The standard InChI is InChI=1S/C23H26N4O2/c1-16-8-9-17(2)21(14-16)25-10-12-26(13-11-25)22(28)15-27-20-7-5-4-6-19(20)24-18(3)23(27)29/h4-9,14H,10-13,15H2,1-3H3. The first kappa shape index (κ1) is 19.2. The predicted molar refractivity (Wildman–Crippen MR) is 115 cm³/mol. The normalized spacial score (nSPS) is 14.4. The van der Waals surface area contributed by atoms with Gasteiger partial charge in [-0.25, -0.2) is 4.98 Å². The van der Waals surface area contributed by atoms with Gasteiger partial charge in [0.05, 0.1) is 11.0 Å². The number of carbonyl (C=O) groups is 1. The molecule has 2 aromatic carbocycles. The van der Waals surface area contributed by atoms with E-state index in [0.717, 1.165) is 18.6 Å². The van der Waals surface area contributed by atoms with E-state index in [2.05, 4.69) is 41.9 Å². The molecule has 0 saturated carbocycles. The Kier molecular flexibility index (Phi) is 5.09. The van der Waals surface area contributed by atoms with Crippen LogP contribution >= 0.6 is 0 Å². The van der Waals surface area contributed by atoms with E-state index in [0.29, 0.717) is 24.3 Å². The maximum Gasteiger partial charge on any atom is 0.272 e. The molecule has 0 atom stereocenters. The van der Waals surface area contributed by atoms with Crippen molar-refractivity contribution >= 4 is 22.6 Å². The van der Waals surface area contributed by atoms with Crippen LogP contribution in [0.2, 0.25) is 0 Å². The fourth-order valence-electron chi connectivity index (χ4n) is 3.97. The molecular weight excluding hydrogens is 364 g/mol. The third kappa shape index (κ3) is 3.75. The molecule has 1 aromatic heterocycles. The van der Waals surface area contributed by atoms with E-state index in [-0.39, 0.29) is 18.0 Å². The first-order chi connectivity index (χ1) is 13.9. The summed E-state index contributed by atoms with van der Waals surface area (Å²) in [4.78, 5) is 34.1. The molecule has 1 fully saturated rings. The lowest BCUT2D eigenvalue weighted by molar-refractivity contribution is -0.132. The third-order valence-electron chi connectivity index (χ3n) is 5.65. The average molecular weight is 390 g/mol. The lowest BCUT2D eigenvalue weighted by atomic mass is 10.1. The van der Waals surface area contributed by atoms with Crippen LogP contribution in [0.3, 0.4) is 0 Å². The number of para-hydroxylation sites is 2. The molecule has 6 heteroatoms. The number of amides is 1. The second-order valence-electron chi connectivity index (χ2n) is 7.74. The van der Waals surface area contributed by atoms with Gasteiger partial charge in [0, 0.05) is 31.9 Å². The fraction of sp³-hybridized carbons (Fsp3) is 0.348. The molecule has 2 heterocycles. The van der Waals surface area contributed by atoms with Gasteiger partial charge in [0.25, 0.3) is 5.56 Å². The van der Waals surface area contributed by atoms with Crippen molar-refractivity contribution in [2.75, 3.05) is 31.1 Å². The molecule has 0 unspecified atom stereocenters. The molecule has 1 aliphatic heterocycles. The minimum atomic E-state index is -0.203. The van der Waals surface area contributed by atoms with Crippen LogP contribution < -0.4 is 10.5 Å². The molecule has 1 aliphatic rings. The van der Waals surface area contributed by atoms with Gasteiger partial charge in [-0.05, 0) is 50.1 Å². The highest BCUT2D eigenvalue weighted by atomic mass is 16.2. The Morgan fingerprint density at radius 2 is 1.72 bits per heavy atom. The molecule has 0 spiro atoms. The van der Waals surface area contributed by atoms with Gasteiger partial charge < -0.3 is 9.80 Å². The highest BCUT2D eigenvalue weighted by Crippen LogP contribution is 2.23. The molecular formula is C23H26N4O2. The van der Waals surface area contributed by atoms with Crippen LogP contribution in [-0.4, -0.2) is 46.5 Å². The van der Waals surface area contributed by atoms with Gasteiger partial charge in [0.15, 0.2) is 0 Å². The Morgan fingerprint density at radius 1 is 1.00 bits per heavy atom. The van der Waals surface area contributed by atoms with Crippen LogP contribution in [0, 0.1) is 20.8 Å². The largest absolute Gasteiger partial charge is 0.368 e. The Hall–Kier alpha value is -3.15. The van der Waals surface area contributed by atoms with Crippen molar-refractivity contribution in [3.8, 4) is 0 Å². The number of carbonyl (C=O) groups excluding carboxylic acids is 1. The number of anilines is 1. The molecule has 3 aromatic rings. The smallest absolute Gasteiger partial charge is 0.272 e. The number of hydrogen-bond acceptors (Lipinski definition) is 4. The summed E-state index contributed by atoms with van der Waals surface area (Å²) in [6.45, 7) is 8.86. The molecule has 4 rings (SSSR count). The van der Waals surface area contributed by atoms with Gasteiger partial charge in [-0.2, -0.15) is 0 Å². The summed E-state index contributed by atoms with van der Waals surface area (Å²) < 4.78 is 1.55. The van der Waals surface area contributed by atoms with E-state index in [1.54, 1.807) is 11.5 Å². The predicted octanol–water partition coefficient (Wildman–Crippen LogP) is 2.67. The molecule has 0 N–H and O–H groups in total. The van der Waals surface area contributed by atoms with Gasteiger partial charge in [-0.15, -0.1) is 0 Å². The molecule has 0 bridgehead atoms. The van der Waals surface area contributed by atoms with Crippen LogP contribution in [0.5, 0.6) is 0 Å². The molecule has 6 nitrogen and oxygen atoms in total. The third-order valence-corrected chi connectivity index (χ3v) is 5.65. The zero-order chi connectivity index (χ0) is 20.5. The van der Waals surface area contributed by atoms with Crippen molar-refractivity contribution in [1.82, 2.24) is 14.5 Å². The Labute approximate surface area is 170 Å². The lowest BCUT2D eigenvalue weighted by Crippen LogP contribution is -2.50. The van der Waals surface area contributed by atoms with Crippen molar-refractivity contribution in [2.45, 2.75) is 27.3 Å². The van der Waals surface area contributed by atoms with Gasteiger partial charge in [-0.1, -0.05) is 24.3 Å². The van der Waals surface area contributed by atoms with E-state index < -0.39 is 0 Å². The maximum absolute atomic E-state index is 13.0. The first-order valence-electron chi connectivity index (χ1n) is 10.00. The second-order valence-corrected chi connectivity index (χ2v) is 7.74. The number of rotatable bonds is 3. The monoisotopic (exact) mass is 390 g/mol. The topological polar surface area (TPSA) is 58.4 Å². The lowest BCUT2D eigenvalue weighted by Gasteiger charge is -2.37. The van der Waals surface area contributed by atoms with Gasteiger partial charge >= 0.3 is 0 Å². The van der Waals surface area contributed by atoms with Crippen molar-refractivity contribution in [2.24, 2.45) is 0 Å². The second kappa shape index (κ2) is 7.70. The highest BCUT2D eigenvalue weighted by molar-refractivity contribution is 5.80. The summed E-state index contributed by atoms with van der Waals surface area (Å²) in [5.41, 5.74) is 5.37. The fourth-order valence-corrected chi connectivity index (χ4v) is 3.97. The van der Waals surface area contributed by atoms with Gasteiger partial charge in [0.1, 0.15) is 12.2 Å². The molecule has 29 heavy (non-hydrogen) atoms. The number of piperazine rings is 1. The number of nitrogens with zero attached hydrogens (tertiary/aromatic N) is 4. The maximum atomic E-state index is 13.0. The van der Waals surface area contributed by atoms with Crippen LogP contribution in [-0.2, 0) is 11.3 Å². The Balaban J connectivity index is 1.50. The summed E-state index contributed by atoms with van der Waals surface area (Å²) >= 11 is 0. The van der Waals surface area contributed by atoms with E-state index in [1.165, 1.54) is 16.8 Å². The molecule has 150 valence electrons. The van der Waals surface area contributed by atoms with E-state index in [4.69, 9.17) is 0 Å². The average Bonchev–Trinajstić information content (AvgIpc) is 2.73. The minimum Gasteiger partial charge on any atom is -0.368 e. The summed E-state index contributed by atoms with van der Waals surface area (Å²) in [5, 5.41) is 0. The zero-order valence-corrected chi connectivity index (χ0v) is 17.2. The van der Waals surface area contributed by atoms with Crippen molar-refractivity contribution in [3.05, 3.63) is 69.6 Å². The van der Waals surface area contributed by atoms with Crippen molar-refractivity contribution in [1.29, 1.82) is 0 Å².